The molecule has 1 aromatic heterocycles. The minimum absolute atomic E-state index is 0.459. The highest BCUT2D eigenvalue weighted by Gasteiger charge is 2.20. The molecule has 3 amide bonds. The number of aromatic nitrogens is 2. The van der Waals surface area contributed by atoms with Crippen LogP contribution in [-0.2, 0) is 11.3 Å². The van der Waals surface area contributed by atoms with Crippen LogP contribution in [0.15, 0.2) is 53.7 Å². The van der Waals surface area contributed by atoms with E-state index in [1.165, 1.54) is 11.8 Å². The van der Waals surface area contributed by atoms with Crippen molar-refractivity contribution < 1.29 is 9.59 Å². The van der Waals surface area contributed by atoms with E-state index in [2.05, 4.69) is 10.3 Å². The van der Waals surface area contributed by atoms with Crippen LogP contribution in [0.3, 0.4) is 0 Å². The topological polar surface area (TPSA) is 90.0 Å². The highest BCUT2D eigenvalue weighted by molar-refractivity contribution is 8.00. The molecule has 2 aromatic carbocycles. The van der Waals surface area contributed by atoms with Crippen LogP contribution >= 0.6 is 23.4 Å². The summed E-state index contributed by atoms with van der Waals surface area (Å²) in [4.78, 5) is 27.5. The van der Waals surface area contributed by atoms with E-state index < -0.39 is 17.2 Å². The van der Waals surface area contributed by atoms with Crippen molar-refractivity contribution in [1.29, 1.82) is 0 Å². The number of nitrogens with zero attached hydrogens (tertiary/aromatic N) is 2. The minimum atomic E-state index is -0.868. The molecule has 26 heavy (non-hydrogen) atoms. The van der Waals surface area contributed by atoms with Gasteiger partial charge >= 0.3 is 6.03 Å². The number of hydrogen-bond acceptors (Lipinski definition) is 4. The Kier molecular flexibility index (Phi) is 5.49. The molecule has 0 spiro atoms. The van der Waals surface area contributed by atoms with Gasteiger partial charge in [-0.25, -0.2) is 9.78 Å². The number of fused-ring (bicyclic) bond motifs is 1. The number of carbonyl (C=O) groups excluding carboxylic acids is 2. The Morgan fingerprint density at radius 2 is 2.00 bits per heavy atom. The fourth-order valence-corrected chi connectivity index (χ4v) is 3.61. The highest BCUT2D eigenvalue weighted by atomic mass is 35.5. The van der Waals surface area contributed by atoms with Gasteiger partial charge in [-0.05, 0) is 30.7 Å². The monoisotopic (exact) mass is 388 g/mol. The van der Waals surface area contributed by atoms with Crippen LogP contribution in [0.2, 0.25) is 5.02 Å². The predicted octanol–water partition coefficient (Wildman–Crippen LogP) is 3.41. The summed E-state index contributed by atoms with van der Waals surface area (Å²) in [6.45, 7) is 2.30. The van der Waals surface area contributed by atoms with E-state index in [-0.39, 0.29) is 0 Å². The van der Waals surface area contributed by atoms with Crippen molar-refractivity contribution >= 4 is 46.3 Å². The lowest BCUT2D eigenvalue weighted by molar-refractivity contribution is -0.119. The number of primary amides is 1. The SMILES string of the molecule is CC(Sc1nc2cc(Cl)ccc2n1Cc1ccccc1)C(=O)NC(N)=O. The number of nitrogens with one attached hydrogen (secondary N) is 1. The first-order valence-electron chi connectivity index (χ1n) is 7.90. The molecule has 0 aliphatic heterocycles. The molecule has 1 unspecified atom stereocenters. The van der Waals surface area contributed by atoms with Gasteiger partial charge < -0.3 is 10.3 Å². The number of benzene rings is 2. The molecule has 1 heterocycles. The van der Waals surface area contributed by atoms with Crippen LogP contribution in [-0.4, -0.2) is 26.7 Å². The molecule has 3 aromatic rings. The second-order valence-electron chi connectivity index (χ2n) is 5.71. The van der Waals surface area contributed by atoms with Crippen LogP contribution in [0.4, 0.5) is 4.79 Å². The summed E-state index contributed by atoms with van der Waals surface area (Å²) in [5.74, 6) is -0.459. The van der Waals surface area contributed by atoms with Gasteiger partial charge in [0.15, 0.2) is 5.16 Å². The predicted molar refractivity (Wildman–Crippen MR) is 103 cm³/mol. The molecule has 0 saturated carbocycles. The third kappa shape index (κ3) is 4.17. The van der Waals surface area contributed by atoms with Crippen molar-refractivity contribution in [3.8, 4) is 0 Å². The second-order valence-corrected chi connectivity index (χ2v) is 7.46. The van der Waals surface area contributed by atoms with Gasteiger partial charge in [-0.3, -0.25) is 10.1 Å². The highest BCUT2D eigenvalue weighted by Crippen LogP contribution is 2.29. The number of nitrogens with two attached hydrogens (primary N) is 1. The number of imidazole rings is 1. The molecular weight excluding hydrogens is 372 g/mol. The zero-order valence-electron chi connectivity index (χ0n) is 14.0. The number of urea groups is 1. The van der Waals surface area contributed by atoms with Crippen LogP contribution in [0, 0.1) is 0 Å². The van der Waals surface area contributed by atoms with E-state index in [9.17, 15) is 9.59 Å². The average molecular weight is 389 g/mol. The van der Waals surface area contributed by atoms with E-state index in [1.54, 1.807) is 13.0 Å². The maximum Gasteiger partial charge on any atom is 0.318 e. The van der Waals surface area contributed by atoms with E-state index in [0.29, 0.717) is 16.7 Å². The maximum absolute atomic E-state index is 12.0. The summed E-state index contributed by atoms with van der Waals surface area (Å²) in [5, 5.41) is 2.82. The zero-order valence-corrected chi connectivity index (χ0v) is 15.6. The summed E-state index contributed by atoms with van der Waals surface area (Å²) in [7, 11) is 0. The van der Waals surface area contributed by atoms with Gasteiger partial charge in [0, 0.05) is 5.02 Å². The molecule has 0 aliphatic rings. The van der Waals surface area contributed by atoms with Crippen molar-refractivity contribution in [2.75, 3.05) is 0 Å². The maximum atomic E-state index is 12.0. The van der Waals surface area contributed by atoms with Gasteiger partial charge in [0.1, 0.15) is 0 Å². The molecule has 0 bridgehead atoms. The summed E-state index contributed by atoms with van der Waals surface area (Å²) in [6, 6.07) is 14.6. The fourth-order valence-electron chi connectivity index (χ4n) is 2.52. The second kappa shape index (κ2) is 7.80. The van der Waals surface area contributed by atoms with Gasteiger partial charge in [0.05, 0.1) is 22.8 Å². The van der Waals surface area contributed by atoms with Crippen LogP contribution in [0.5, 0.6) is 0 Å². The van der Waals surface area contributed by atoms with E-state index in [4.69, 9.17) is 17.3 Å². The molecule has 3 rings (SSSR count). The number of imide groups is 1. The Hall–Kier alpha value is -2.51. The lowest BCUT2D eigenvalue weighted by Crippen LogP contribution is -2.39. The van der Waals surface area contributed by atoms with Crippen LogP contribution in [0.1, 0.15) is 12.5 Å². The summed E-state index contributed by atoms with van der Waals surface area (Å²) in [5.41, 5.74) is 7.80. The Morgan fingerprint density at radius 3 is 2.69 bits per heavy atom. The van der Waals surface area contributed by atoms with Crippen molar-refractivity contribution in [3.05, 3.63) is 59.1 Å². The third-order valence-electron chi connectivity index (χ3n) is 3.76. The molecule has 6 nitrogen and oxygen atoms in total. The first-order chi connectivity index (χ1) is 12.4. The Bertz CT molecular complexity index is 958. The van der Waals surface area contributed by atoms with Crippen molar-refractivity contribution in [3.63, 3.8) is 0 Å². The summed E-state index contributed by atoms with van der Waals surface area (Å²) < 4.78 is 2.03. The Morgan fingerprint density at radius 1 is 1.27 bits per heavy atom. The molecule has 8 heteroatoms. The van der Waals surface area contributed by atoms with Gasteiger partial charge in [-0.15, -0.1) is 0 Å². The van der Waals surface area contributed by atoms with Crippen LogP contribution in [0.25, 0.3) is 11.0 Å². The first kappa shape index (κ1) is 18.3. The van der Waals surface area contributed by atoms with Crippen LogP contribution < -0.4 is 11.1 Å². The van der Waals surface area contributed by atoms with E-state index >= 15 is 0 Å². The van der Waals surface area contributed by atoms with E-state index in [0.717, 1.165) is 16.6 Å². The first-order valence-corrected chi connectivity index (χ1v) is 9.16. The molecule has 1 atom stereocenters. The summed E-state index contributed by atoms with van der Waals surface area (Å²) in [6.07, 6.45) is 0. The number of rotatable bonds is 5. The Labute approximate surface area is 159 Å². The lowest BCUT2D eigenvalue weighted by atomic mass is 10.2. The normalized spacial score (nSPS) is 12.1. The molecule has 0 fully saturated rings. The van der Waals surface area contributed by atoms with Crippen molar-refractivity contribution in [2.45, 2.75) is 23.9 Å². The number of halogens is 1. The Balaban J connectivity index is 1.96. The van der Waals surface area contributed by atoms with E-state index in [1.807, 2.05) is 47.0 Å². The molecule has 0 saturated heterocycles. The quantitative estimate of drug-likeness (QED) is 0.655. The molecule has 3 N–H and O–H groups in total. The molecular formula is C18H17ClN4O2S. The zero-order chi connectivity index (χ0) is 18.7. The standard InChI is InChI=1S/C18H17ClN4O2S/c1-11(16(24)22-17(20)25)26-18-21-14-9-13(19)7-8-15(14)23(18)10-12-5-3-2-4-6-12/h2-9,11H,10H2,1H3,(H3,20,22,24,25). The van der Waals surface area contributed by atoms with Gasteiger partial charge in [0.25, 0.3) is 0 Å². The molecule has 0 aliphatic carbocycles. The average Bonchev–Trinajstić information content (AvgIpc) is 2.91. The van der Waals surface area contributed by atoms with Crippen molar-refractivity contribution in [1.82, 2.24) is 14.9 Å². The molecule has 0 radical (unpaired) electrons. The number of thioether (sulfide) groups is 1. The third-order valence-corrected chi connectivity index (χ3v) is 5.08. The minimum Gasteiger partial charge on any atom is -0.351 e. The number of amides is 3. The van der Waals surface area contributed by atoms with Gasteiger partial charge in [-0.2, -0.15) is 0 Å². The smallest absolute Gasteiger partial charge is 0.318 e. The van der Waals surface area contributed by atoms with Crippen molar-refractivity contribution in [2.24, 2.45) is 5.73 Å². The largest absolute Gasteiger partial charge is 0.351 e. The fraction of sp³-hybridized carbons (Fsp3) is 0.167. The molecule has 134 valence electrons. The van der Waals surface area contributed by atoms with Gasteiger partial charge in [-0.1, -0.05) is 53.7 Å². The summed E-state index contributed by atoms with van der Waals surface area (Å²) >= 11 is 7.34. The lowest BCUT2D eigenvalue weighted by Gasteiger charge is -2.12. The number of hydrogen-bond donors (Lipinski definition) is 2. The van der Waals surface area contributed by atoms with Gasteiger partial charge in [0.2, 0.25) is 5.91 Å². The number of carbonyl (C=O) groups is 2.